The van der Waals surface area contributed by atoms with Crippen molar-refractivity contribution >= 4 is 5.70 Å². The molecule has 2 aromatic rings. The van der Waals surface area contributed by atoms with Crippen molar-refractivity contribution in [2.75, 3.05) is 0 Å². The summed E-state index contributed by atoms with van der Waals surface area (Å²) in [4.78, 5) is 0. The summed E-state index contributed by atoms with van der Waals surface area (Å²) in [5.41, 5.74) is 3.11. The van der Waals surface area contributed by atoms with Crippen molar-refractivity contribution in [3.8, 4) is 11.3 Å². The van der Waals surface area contributed by atoms with Crippen LogP contribution >= 0.6 is 0 Å². The molecule has 0 atom stereocenters. The van der Waals surface area contributed by atoms with Crippen LogP contribution in [-0.2, 0) is 0 Å². The van der Waals surface area contributed by atoms with Crippen LogP contribution in [0.15, 0.2) is 54.8 Å². The molecule has 3 heteroatoms. The quantitative estimate of drug-likeness (QED) is 0.760. The van der Waals surface area contributed by atoms with Crippen molar-refractivity contribution in [2.45, 2.75) is 20.3 Å². The monoisotopic (exact) mass is 239 g/mol. The third-order valence-electron chi connectivity index (χ3n) is 2.70. The Kier molecular flexibility index (Phi) is 4.07. The van der Waals surface area contributed by atoms with Gasteiger partial charge in [0, 0.05) is 11.3 Å². The lowest BCUT2D eigenvalue weighted by atomic mass is 10.2. The first-order chi connectivity index (χ1) is 8.85. The first kappa shape index (κ1) is 12.3. The maximum Gasteiger partial charge on any atom is 0.113 e. The summed E-state index contributed by atoms with van der Waals surface area (Å²) in [5, 5.41) is 8.39. The third-order valence-corrected chi connectivity index (χ3v) is 2.70. The standard InChI is InChI=1S/C15H17N3/c1-3-5-11-14(4-2)18-12-15(16-17-18)13-9-7-6-8-10-13/h3,5-12H,4H2,1-2H3/b5-3-,14-11+. The maximum absolute atomic E-state index is 4.21. The van der Waals surface area contributed by atoms with Crippen molar-refractivity contribution in [2.24, 2.45) is 0 Å². The molecule has 0 radical (unpaired) electrons. The van der Waals surface area contributed by atoms with Gasteiger partial charge < -0.3 is 0 Å². The van der Waals surface area contributed by atoms with Crippen molar-refractivity contribution in [1.29, 1.82) is 0 Å². The van der Waals surface area contributed by atoms with E-state index in [4.69, 9.17) is 0 Å². The van der Waals surface area contributed by atoms with Gasteiger partial charge in [0.2, 0.25) is 0 Å². The minimum atomic E-state index is 0.899. The zero-order valence-electron chi connectivity index (χ0n) is 10.7. The second-order valence-corrected chi connectivity index (χ2v) is 3.95. The largest absolute Gasteiger partial charge is 0.224 e. The SMILES string of the molecule is C/C=C\C=C(/CC)n1cc(-c2ccccc2)nn1. The minimum Gasteiger partial charge on any atom is -0.224 e. The van der Waals surface area contributed by atoms with Gasteiger partial charge in [0.1, 0.15) is 5.69 Å². The highest BCUT2D eigenvalue weighted by molar-refractivity contribution is 5.59. The summed E-state index contributed by atoms with van der Waals surface area (Å²) in [5.74, 6) is 0. The van der Waals surface area contributed by atoms with E-state index in [0.29, 0.717) is 0 Å². The smallest absolute Gasteiger partial charge is 0.113 e. The van der Waals surface area contributed by atoms with Gasteiger partial charge in [0.25, 0.3) is 0 Å². The first-order valence-corrected chi connectivity index (χ1v) is 6.15. The zero-order valence-corrected chi connectivity index (χ0v) is 10.7. The van der Waals surface area contributed by atoms with Crippen molar-refractivity contribution in [3.63, 3.8) is 0 Å². The van der Waals surface area contributed by atoms with E-state index >= 15 is 0 Å². The topological polar surface area (TPSA) is 30.7 Å². The second-order valence-electron chi connectivity index (χ2n) is 3.95. The van der Waals surface area contributed by atoms with Crippen LogP contribution in [0.1, 0.15) is 20.3 Å². The van der Waals surface area contributed by atoms with Gasteiger partial charge in [-0.15, -0.1) is 5.10 Å². The van der Waals surface area contributed by atoms with Crippen LogP contribution in [0.5, 0.6) is 0 Å². The van der Waals surface area contributed by atoms with Gasteiger partial charge in [-0.05, 0) is 19.4 Å². The lowest BCUT2D eigenvalue weighted by molar-refractivity contribution is 0.797. The van der Waals surface area contributed by atoms with Crippen LogP contribution in [0.3, 0.4) is 0 Å². The molecule has 92 valence electrons. The molecule has 0 aliphatic rings. The van der Waals surface area contributed by atoms with Gasteiger partial charge in [-0.2, -0.15) is 0 Å². The predicted octanol–water partition coefficient (Wildman–Crippen LogP) is 3.77. The molecule has 0 aliphatic carbocycles. The van der Waals surface area contributed by atoms with E-state index < -0.39 is 0 Å². The van der Waals surface area contributed by atoms with Gasteiger partial charge in [0.05, 0.1) is 6.20 Å². The van der Waals surface area contributed by atoms with Gasteiger partial charge in [-0.1, -0.05) is 54.6 Å². The highest BCUT2D eigenvalue weighted by atomic mass is 15.4. The minimum absolute atomic E-state index is 0.899. The Morgan fingerprint density at radius 1 is 1.28 bits per heavy atom. The molecule has 1 aromatic heterocycles. The molecule has 1 heterocycles. The molecule has 0 amide bonds. The average Bonchev–Trinajstić information content (AvgIpc) is 2.90. The summed E-state index contributed by atoms with van der Waals surface area (Å²) in [7, 11) is 0. The van der Waals surface area contributed by atoms with Gasteiger partial charge in [-0.25, -0.2) is 4.68 Å². The van der Waals surface area contributed by atoms with Crippen LogP contribution in [0.2, 0.25) is 0 Å². The van der Waals surface area contributed by atoms with Crippen LogP contribution in [0.4, 0.5) is 0 Å². The predicted molar refractivity (Wildman–Crippen MR) is 74.8 cm³/mol. The molecule has 3 nitrogen and oxygen atoms in total. The van der Waals surface area contributed by atoms with E-state index in [2.05, 4.69) is 23.3 Å². The summed E-state index contributed by atoms with van der Waals surface area (Å²) < 4.78 is 1.84. The fourth-order valence-electron chi connectivity index (χ4n) is 1.71. The van der Waals surface area contributed by atoms with E-state index in [-0.39, 0.29) is 0 Å². The molecule has 0 fully saturated rings. The Morgan fingerprint density at radius 3 is 2.72 bits per heavy atom. The van der Waals surface area contributed by atoms with Gasteiger partial charge >= 0.3 is 0 Å². The number of nitrogens with zero attached hydrogens (tertiary/aromatic N) is 3. The Bertz CT molecular complexity index is 550. The van der Waals surface area contributed by atoms with Crippen molar-refractivity contribution in [3.05, 3.63) is 54.8 Å². The highest BCUT2D eigenvalue weighted by Gasteiger charge is 2.04. The fraction of sp³-hybridized carbons (Fsp3) is 0.200. The van der Waals surface area contributed by atoms with Crippen LogP contribution in [0.25, 0.3) is 17.0 Å². The summed E-state index contributed by atoms with van der Waals surface area (Å²) in [6.45, 7) is 4.11. The van der Waals surface area contributed by atoms with E-state index in [1.807, 2.05) is 60.3 Å². The highest BCUT2D eigenvalue weighted by Crippen LogP contribution is 2.17. The Balaban J connectivity index is 2.30. The van der Waals surface area contributed by atoms with Crippen LogP contribution < -0.4 is 0 Å². The Labute approximate surface area is 107 Å². The Hall–Kier alpha value is -2.16. The van der Waals surface area contributed by atoms with E-state index in [0.717, 1.165) is 23.4 Å². The van der Waals surface area contributed by atoms with E-state index in [1.165, 1.54) is 0 Å². The van der Waals surface area contributed by atoms with E-state index in [1.54, 1.807) is 0 Å². The summed E-state index contributed by atoms with van der Waals surface area (Å²) in [6.07, 6.45) is 8.97. The average molecular weight is 239 g/mol. The summed E-state index contributed by atoms with van der Waals surface area (Å²) in [6, 6.07) is 10.1. The third kappa shape index (κ3) is 2.74. The molecular weight excluding hydrogens is 222 g/mol. The molecule has 0 spiro atoms. The molecule has 2 rings (SSSR count). The lowest BCUT2D eigenvalue weighted by Crippen LogP contribution is -1.96. The summed E-state index contributed by atoms with van der Waals surface area (Å²) >= 11 is 0. The molecule has 0 bridgehead atoms. The van der Waals surface area contributed by atoms with Crippen LogP contribution in [-0.4, -0.2) is 15.0 Å². The number of rotatable bonds is 4. The van der Waals surface area contributed by atoms with Gasteiger partial charge in [-0.3, -0.25) is 0 Å². The zero-order chi connectivity index (χ0) is 12.8. The number of aromatic nitrogens is 3. The number of hydrogen-bond donors (Lipinski definition) is 0. The van der Waals surface area contributed by atoms with Crippen LogP contribution in [0, 0.1) is 0 Å². The molecular formula is C15H17N3. The number of hydrogen-bond acceptors (Lipinski definition) is 2. The van der Waals surface area contributed by atoms with Crippen molar-refractivity contribution < 1.29 is 0 Å². The lowest BCUT2D eigenvalue weighted by Gasteiger charge is -2.01. The first-order valence-electron chi connectivity index (χ1n) is 6.15. The molecule has 0 aliphatic heterocycles. The van der Waals surface area contributed by atoms with Crippen molar-refractivity contribution in [1.82, 2.24) is 15.0 Å². The normalized spacial score (nSPS) is 12.2. The maximum atomic E-state index is 4.21. The molecule has 0 unspecified atom stereocenters. The molecule has 18 heavy (non-hydrogen) atoms. The molecule has 0 saturated carbocycles. The molecule has 0 N–H and O–H groups in total. The number of benzene rings is 1. The second kappa shape index (κ2) is 5.96. The molecule has 1 aromatic carbocycles. The van der Waals surface area contributed by atoms with Gasteiger partial charge in [0.15, 0.2) is 0 Å². The fourth-order valence-corrected chi connectivity index (χ4v) is 1.71. The number of allylic oxidation sites excluding steroid dienone is 4. The van der Waals surface area contributed by atoms with E-state index in [9.17, 15) is 0 Å². The molecule has 0 saturated heterocycles. The Morgan fingerprint density at radius 2 is 2.06 bits per heavy atom.